The summed E-state index contributed by atoms with van der Waals surface area (Å²) in [7, 11) is 0. The van der Waals surface area contributed by atoms with Gasteiger partial charge in [0.2, 0.25) is 0 Å². The maximum absolute atomic E-state index is 12.4. The highest BCUT2D eigenvalue weighted by Gasteiger charge is 2.16. The maximum atomic E-state index is 12.4. The van der Waals surface area contributed by atoms with Crippen LogP contribution in [0.5, 0.6) is 0 Å². The first kappa shape index (κ1) is 14.8. The van der Waals surface area contributed by atoms with Crippen LogP contribution in [0.2, 0.25) is 0 Å². The number of carbonyl (C=O) groups excluding carboxylic acids is 1. The van der Waals surface area contributed by atoms with Crippen molar-refractivity contribution >= 4 is 5.91 Å². The standard InChI is InChI=1S/C19H16N2O2/c1-12-7-9-13(10-8-12)15-11-16(14-5-3-2-4-6-14)21-19(23)17(15)18(20)22/h2-11H,1H3,(H2,20,22)(H,21,23). The van der Waals surface area contributed by atoms with E-state index in [2.05, 4.69) is 4.98 Å². The average molecular weight is 304 g/mol. The molecule has 3 rings (SSSR count). The number of H-pyrrole nitrogens is 1. The first-order chi connectivity index (χ1) is 11.1. The van der Waals surface area contributed by atoms with Crippen LogP contribution in [-0.2, 0) is 0 Å². The number of nitrogens with two attached hydrogens (primary N) is 1. The van der Waals surface area contributed by atoms with Crippen LogP contribution in [0.3, 0.4) is 0 Å². The van der Waals surface area contributed by atoms with Crippen molar-refractivity contribution in [3.8, 4) is 22.4 Å². The van der Waals surface area contributed by atoms with Crippen molar-refractivity contribution in [2.75, 3.05) is 0 Å². The number of hydrogen-bond donors (Lipinski definition) is 2. The van der Waals surface area contributed by atoms with Crippen molar-refractivity contribution in [1.82, 2.24) is 4.98 Å². The first-order valence-corrected chi connectivity index (χ1v) is 7.26. The molecular weight excluding hydrogens is 288 g/mol. The number of pyridine rings is 1. The average Bonchev–Trinajstić information content (AvgIpc) is 2.55. The van der Waals surface area contributed by atoms with Gasteiger partial charge in [0.15, 0.2) is 0 Å². The second kappa shape index (κ2) is 5.93. The molecule has 0 aliphatic rings. The molecule has 4 heteroatoms. The van der Waals surface area contributed by atoms with Gasteiger partial charge in [0.1, 0.15) is 5.56 Å². The van der Waals surface area contributed by atoms with Gasteiger partial charge in [-0.2, -0.15) is 0 Å². The Morgan fingerprint density at radius 2 is 1.61 bits per heavy atom. The van der Waals surface area contributed by atoms with Crippen LogP contribution >= 0.6 is 0 Å². The summed E-state index contributed by atoms with van der Waals surface area (Å²) in [5.41, 5.74) is 8.86. The number of benzene rings is 2. The van der Waals surface area contributed by atoms with E-state index >= 15 is 0 Å². The van der Waals surface area contributed by atoms with Gasteiger partial charge in [-0.05, 0) is 24.1 Å². The predicted molar refractivity (Wildman–Crippen MR) is 91.2 cm³/mol. The summed E-state index contributed by atoms with van der Waals surface area (Å²) in [4.78, 5) is 26.8. The van der Waals surface area contributed by atoms with Crippen molar-refractivity contribution < 1.29 is 4.79 Å². The van der Waals surface area contributed by atoms with E-state index in [0.29, 0.717) is 11.3 Å². The Kier molecular flexibility index (Phi) is 3.81. The number of carbonyl (C=O) groups is 1. The Morgan fingerprint density at radius 1 is 0.957 bits per heavy atom. The number of primary amides is 1. The smallest absolute Gasteiger partial charge is 0.261 e. The SMILES string of the molecule is Cc1ccc(-c2cc(-c3ccccc3)[nH]c(=O)c2C(N)=O)cc1. The van der Waals surface area contributed by atoms with Gasteiger partial charge in [-0.15, -0.1) is 0 Å². The van der Waals surface area contributed by atoms with Crippen molar-refractivity contribution in [2.45, 2.75) is 6.92 Å². The minimum atomic E-state index is -0.735. The van der Waals surface area contributed by atoms with Crippen LogP contribution < -0.4 is 11.3 Å². The molecule has 0 saturated carbocycles. The minimum Gasteiger partial charge on any atom is -0.365 e. The Balaban J connectivity index is 2.27. The molecule has 1 heterocycles. The molecule has 0 fully saturated rings. The predicted octanol–water partition coefficient (Wildman–Crippen LogP) is 3.12. The van der Waals surface area contributed by atoms with Crippen LogP contribution in [-0.4, -0.2) is 10.9 Å². The van der Waals surface area contributed by atoms with E-state index in [1.807, 2.05) is 61.5 Å². The van der Waals surface area contributed by atoms with Crippen LogP contribution in [0.25, 0.3) is 22.4 Å². The van der Waals surface area contributed by atoms with Gasteiger partial charge >= 0.3 is 0 Å². The minimum absolute atomic E-state index is 0.0199. The number of aryl methyl sites for hydroxylation is 1. The van der Waals surface area contributed by atoms with Gasteiger partial charge in [-0.3, -0.25) is 9.59 Å². The van der Waals surface area contributed by atoms with Crippen molar-refractivity contribution in [3.63, 3.8) is 0 Å². The third-order valence-electron chi connectivity index (χ3n) is 3.73. The zero-order valence-electron chi connectivity index (χ0n) is 12.7. The summed E-state index contributed by atoms with van der Waals surface area (Å²) < 4.78 is 0. The quantitative estimate of drug-likeness (QED) is 0.780. The summed E-state index contributed by atoms with van der Waals surface area (Å²) in [6.07, 6.45) is 0. The van der Waals surface area contributed by atoms with E-state index in [9.17, 15) is 9.59 Å². The van der Waals surface area contributed by atoms with Crippen molar-refractivity contribution in [1.29, 1.82) is 0 Å². The molecule has 0 aliphatic heterocycles. The Bertz CT molecular complexity index is 910. The summed E-state index contributed by atoms with van der Waals surface area (Å²) >= 11 is 0. The number of rotatable bonds is 3. The number of hydrogen-bond acceptors (Lipinski definition) is 2. The van der Waals surface area contributed by atoms with Gasteiger partial charge in [0.25, 0.3) is 11.5 Å². The number of aromatic nitrogens is 1. The zero-order chi connectivity index (χ0) is 16.4. The van der Waals surface area contributed by atoms with Crippen LogP contribution in [0.15, 0.2) is 65.5 Å². The van der Waals surface area contributed by atoms with Crippen molar-refractivity contribution in [2.24, 2.45) is 5.73 Å². The highest BCUT2D eigenvalue weighted by Crippen LogP contribution is 2.26. The number of aromatic amines is 1. The lowest BCUT2D eigenvalue weighted by atomic mass is 9.97. The zero-order valence-corrected chi connectivity index (χ0v) is 12.7. The van der Waals surface area contributed by atoms with Gasteiger partial charge in [0, 0.05) is 11.3 Å². The third-order valence-corrected chi connectivity index (χ3v) is 3.73. The molecule has 1 aromatic heterocycles. The van der Waals surface area contributed by atoms with Crippen LogP contribution in [0.1, 0.15) is 15.9 Å². The molecule has 0 radical (unpaired) electrons. The molecule has 23 heavy (non-hydrogen) atoms. The lowest BCUT2D eigenvalue weighted by molar-refractivity contribution is 0.0999. The van der Waals surface area contributed by atoms with Gasteiger partial charge in [-0.25, -0.2) is 0 Å². The molecule has 0 saturated heterocycles. The summed E-state index contributed by atoms with van der Waals surface area (Å²) in [6.45, 7) is 1.98. The number of amides is 1. The van der Waals surface area contributed by atoms with Gasteiger partial charge in [-0.1, -0.05) is 60.2 Å². The maximum Gasteiger partial charge on any atom is 0.261 e. The van der Waals surface area contributed by atoms with Crippen LogP contribution in [0, 0.1) is 6.92 Å². The molecule has 2 aromatic carbocycles. The molecule has 0 bridgehead atoms. The summed E-state index contributed by atoms with van der Waals surface area (Å²) in [6, 6.07) is 18.9. The molecule has 3 aromatic rings. The molecule has 114 valence electrons. The van der Waals surface area contributed by atoms with Gasteiger partial charge in [0.05, 0.1) is 0 Å². The third kappa shape index (κ3) is 2.92. The fraction of sp³-hybridized carbons (Fsp3) is 0.0526. The molecular formula is C19H16N2O2. The molecule has 0 spiro atoms. The monoisotopic (exact) mass is 304 g/mol. The molecule has 0 unspecified atom stereocenters. The van der Waals surface area contributed by atoms with E-state index in [0.717, 1.165) is 16.7 Å². The van der Waals surface area contributed by atoms with E-state index in [4.69, 9.17) is 5.73 Å². The lowest BCUT2D eigenvalue weighted by Gasteiger charge is -2.10. The number of nitrogens with one attached hydrogen (secondary N) is 1. The highest BCUT2D eigenvalue weighted by molar-refractivity contribution is 6.00. The Hall–Kier alpha value is -3.14. The molecule has 0 aliphatic carbocycles. The normalized spacial score (nSPS) is 10.5. The van der Waals surface area contributed by atoms with E-state index in [1.54, 1.807) is 6.07 Å². The molecule has 3 N–H and O–H groups in total. The molecule has 4 nitrogen and oxygen atoms in total. The molecule has 1 amide bonds. The second-order valence-electron chi connectivity index (χ2n) is 5.40. The molecule has 0 atom stereocenters. The Morgan fingerprint density at radius 3 is 2.22 bits per heavy atom. The lowest BCUT2D eigenvalue weighted by Crippen LogP contribution is -2.25. The highest BCUT2D eigenvalue weighted by atomic mass is 16.2. The second-order valence-corrected chi connectivity index (χ2v) is 5.40. The van der Waals surface area contributed by atoms with E-state index in [-0.39, 0.29) is 5.56 Å². The Labute approximate surface area is 133 Å². The van der Waals surface area contributed by atoms with Gasteiger partial charge < -0.3 is 10.7 Å². The topological polar surface area (TPSA) is 75.9 Å². The summed E-state index contributed by atoms with van der Waals surface area (Å²) in [5.74, 6) is -0.735. The van der Waals surface area contributed by atoms with E-state index in [1.165, 1.54) is 0 Å². The summed E-state index contributed by atoms with van der Waals surface area (Å²) in [5, 5.41) is 0. The fourth-order valence-corrected chi connectivity index (χ4v) is 2.54. The largest absolute Gasteiger partial charge is 0.365 e. The van der Waals surface area contributed by atoms with Crippen molar-refractivity contribution in [3.05, 3.63) is 82.1 Å². The van der Waals surface area contributed by atoms with E-state index < -0.39 is 11.5 Å². The first-order valence-electron chi connectivity index (χ1n) is 7.26. The fourth-order valence-electron chi connectivity index (χ4n) is 2.54. The van der Waals surface area contributed by atoms with Crippen LogP contribution in [0.4, 0.5) is 0 Å².